The number of rotatable bonds is 3. The molecule has 0 radical (unpaired) electrons. The van der Waals surface area contributed by atoms with Crippen LogP contribution in [0, 0.1) is 0 Å². The van der Waals surface area contributed by atoms with Crippen molar-refractivity contribution in [1.82, 2.24) is 0 Å². The number of fused-ring (bicyclic) bond motifs is 6. The monoisotopic (exact) mass is 553 g/mol. The molecule has 8 aromatic carbocycles. The van der Waals surface area contributed by atoms with Crippen molar-refractivity contribution in [3.63, 3.8) is 0 Å². The topological polar surface area (TPSA) is 13.1 Å². The summed E-state index contributed by atoms with van der Waals surface area (Å²) in [5, 5.41) is 5.31. The van der Waals surface area contributed by atoms with Crippen LogP contribution in [0.3, 0.4) is 0 Å². The maximum absolute atomic E-state index is 9.16. The molecule has 1 heterocycles. The number of hydrogen-bond acceptors (Lipinski definition) is 1. The van der Waals surface area contributed by atoms with Crippen LogP contribution in [0.4, 0.5) is 0 Å². The van der Waals surface area contributed by atoms with E-state index in [4.69, 9.17) is 14.0 Å². The van der Waals surface area contributed by atoms with Crippen LogP contribution in [0.1, 0.15) is 9.60 Å². The highest BCUT2D eigenvalue weighted by Gasteiger charge is 2.19. The minimum absolute atomic E-state index is 0.0584. The number of benzene rings is 8. The molecule has 0 N–H and O–H groups in total. The Morgan fingerprint density at radius 1 is 0.395 bits per heavy atom. The second-order valence-corrected chi connectivity index (χ2v) is 10.7. The fourth-order valence-electron chi connectivity index (χ4n) is 6.45. The molecule has 43 heavy (non-hydrogen) atoms. The van der Waals surface area contributed by atoms with Crippen molar-refractivity contribution in [2.75, 3.05) is 0 Å². The van der Waals surface area contributed by atoms with Gasteiger partial charge in [0.25, 0.3) is 0 Å². The second-order valence-electron chi connectivity index (χ2n) is 10.7. The third-order valence-electron chi connectivity index (χ3n) is 8.36. The maximum Gasteiger partial charge on any atom is 0.136 e. The van der Waals surface area contributed by atoms with Gasteiger partial charge in [-0.05, 0) is 90.0 Å². The zero-order valence-corrected chi connectivity index (χ0v) is 22.9. The Hall–Kier alpha value is -5.66. The highest BCUT2D eigenvalue weighted by Crippen LogP contribution is 2.46. The summed E-state index contributed by atoms with van der Waals surface area (Å²) in [4.78, 5) is 0. The molecule has 0 fully saturated rings. The molecule has 0 spiro atoms. The van der Waals surface area contributed by atoms with Gasteiger partial charge in [0.05, 0.1) is 9.60 Å². The Kier molecular flexibility index (Phi) is 3.95. The molecule has 0 aliphatic carbocycles. The molecule has 1 heteroatoms. The van der Waals surface area contributed by atoms with E-state index in [0.717, 1.165) is 65.7 Å². The fraction of sp³-hybridized carbons (Fsp3) is 0. The van der Waals surface area contributed by atoms with Gasteiger partial charge in [0.2, 0.25) is 0 Å². The van der Waals surface area contributed by atoms with Crippen LogP contribution in [-0.4, -0.2) is 0 Å². The van der Waals surface area contributed by atoms with Gasteiger partial charge in [0.15, 0.2) is 0 Å². The van der Waals surface area contributed by atoms with Gasteiger partial charge >= 0.3 is 0 Å². The van der Waals surface area contributed by atoms with Crippen molar-refractivity contribution in [1.29, 1.82) is 0 Å². The first-order valence-corrected chi connectivity index (χ1v) is 14.2. The van der Waals surface area contributed by atoms with Crippen molar-refractivity contribution in [2.45, 2.75) is 0 Å². The summed E-state index contributed by atoms with van der Waals surface area (Å²) in [6.45, 7) is 0. The molecule has 0 aliphatic heterocycles. The van der Waals surface area contributed by atoms with E-state index >= 15 is 0 Å². The average Bonchev–Trinajstić information content (AvgIpc) is 3.52. The van der Waals surface area contributed by atoms with E-state index in [0.29, 0.717) is 5.56 Å². The van der Waals surface area contributed by atoms with Gasteiger partial charge < -0.3 is 4.42 Å². The van der Waals surface area contributed by atoms with E-state index in [-0.39, 0.29) is 46.5 Å². The van der Waals surface area contributed by atoms with Crippen molar-refractivity contribution in [3.8, 4) is 33.4 Å². The van der Waals surface area contributed by atoms with Crippen LogP contribution in [-0.2, 0) is 0 Å². The van der Waals surface area contributed by atoms with Crippen molar-refractivity contribution >= 4 is 54.3 Å². The van der Waals surface area contributed by atoms with Gasteiger partial charge in [-0.1, -0.05) is 133 Å². The predicted octanol–water partition coefficient (Wildman–Crippen LogP) is 12.0. The molecule has 0 saturated heterocycles. The van der Waals surface area contributed by atoms with E-state index in [2.05, 4.69) is 42.5 Å². The van der Waals surface area contributed by atoms with Gasteiger partial charge in [0, 0.05) is 10.8 Å². The zero-order valence-electron chi connectivity index (χ0n) is 29.9. The van der Waals surface area contributed by atoms with Crippen LogP contribution in [0.15, 0.2) is 162 Å². The first-order chi connectivity index (χ1) is 24.2. The van der Waals surface area contributed by atoms with E-state index in [1.54, 1.807) is 0 Å². The molecule has 0 aliphatic rings. The average molecular weight is 554 g/mol. The minimum Gasteiger partial charge on any atom is -0.456 e. The second kappa shape index (κ2) is 9.44. The Bertz CT molecular complexity index is 2830. The Morgan fingerprint density at radius 2 is 1.05 bits per heavy atom. The lowest BCUT2D eigenvalue weighted by Gasteiger charge is -2.18. The molecule has 0 unspecified atom stereocenters. The summed E-state index contributed by atoms with van der Waals surface area (Å²) in [7, 11) is 0. The van der Waals surface area contributed by atoms with Crippen LogP contribution >= 0.6 is 0 Å². The van der Waals surface area contributed by atoms with Crippen molar-refractivity contribution in [2.24, 2.45) is 0 Å². The van der Waals surface area contributed by atoms with E-state index in [1.807, 2.05) is 72.8 Å². The lowest BCUT2D eigenvalue weighted by atomic mass is 9.84. The summed E-state index contributed by atoms with van der Waals surface area (Å²) >= 11 is 0. The molecule has 9 aromatic rings. The van der Waals surface area contributed by atoms with Gasteiger partial charge in [-0.3, -0.25) is 0 Å². The van der Waals surface area contributed by atoms with Crippen LogP contribution in [0.5, 0.6) is 0 Å². The Labute approximate surface area is 259 Å². The predicted molar refractivity (Wildman–Crippen MR) is 183 cm³/mol. The fourth-order valence-corrected chi connectivity index (χ4v) is 6.45. The van der Waals surface area contributed by atoms with Crippen LogP contribution in [0.25, 0.3) is 87.6 Å². The standard InChI is InChI=1S/C42H26O/c1-2-11-27(12-3-1)29-21-23-32-38-25-30(22-24-39(38)43-40(32)26-29)41-34-16-6-8-18-36(34)42(37-19-9-7-17-35(37)41)33-20-10-14-28-13-4-5-15-31(28)33/h1-26H/i4D,5D,10D,13D,14D,15D,20D. The lowest BCUT2D eigenvalue weighted by Crippen LogP contribution is -1.91. The quantitative estimate of drug-likeness (QED) is 0.198. The number of furan rings is 1. The highest BCUT2D eigenvalue weighted by atomic mass is 16.3. The molecule has 0 saturated carbocycles. The van der Waals surface area contributed by atoms with Gasteiger partial charge in [0.1, 0.15) is 11.2 Å². The SMILES string of the molecule is [2H]c1c([2H])c([2H])c2c(-c3c4ccccc4c(-c4ccc5oc6cc(-c7ccccc7)ccc6c5c4)c4ccccc34)c([2H])c([2H])c([2H])c2c1[2H]. The normalized spacial score (nSPS) is 14.0. The van der Waals surface area contributed by atoms with E-state index < -0.39 is 12.1 Å². The molecular formula is C42H26O. The summed E-state index contributed by atoms with van der Waals surface area (Å²) in [5.41, 5.74) is 6.51. The molecule has 0 atom stereocenters. The first kappa shape index (κ1) is 18.0. The Morgan fingerprint density at radius 3 is 1.81 bits per heavy atom. The third kappa shape index (κ3) is 3.72. The molecule has 1 nitrogen and oxygen atoms in total. The molecule has 0 bridgehead atoms. The summed E-state index contributed by atoms with van der Waals surface area (Å²) in [6, 6.07) is 35.7. The first-order valence-electron chi connectivity index (χ1n) is 17.7. The molecule has 200 valence electrons. The van der Waals surface area contributed by atoms with Crippen LogP contribution in [0.2, 0.25) is 0 Å². The van der Waals surface area contributed by atoms with Gasteiger partial charge in [-0.2, -0.15) is 0 Å². The van der Waals surface area contributed by atoms with Crippen LogP contribution < -0.4 is 0 Å². The number of hydrogen-bond donors (Lipinski definition) is 0. The van der Waals surface area contributed by atoms with E-state index in [1.165, 1.54) is 0 Å². The third-order valence-corrected chi connectivity index (χ3v) is 8.36. The molecule has 1 aromatic heterocycles. The molecule has 0 amide bonds. The maximum atomic E-state index is 9.16. The van der Waals surface area contributed by atoms with Crippen molar-refractivity contribution in [3.05, 3.63) is 158 Å². The largest absolute Gasteiger partial charge is 0.456 e. The summed E-state index contributed by atoms with van der Waals surface area (Å²) in [6.07, 6.45) is 0. The summed E-state index contributed by atoms with van der Waals surface area (Å²) in [5.74, 6) is 0. The van der Waals surface area contributed by atoms with Crippen molar-refractivity contribution < 1.29 is 14.0 Å². The smallest absolute Gasteiger partial charge is 0.136 e. The molecule has 9 rings (SSSR count). The lowest BCUT2D eigenvalue weighted by molar-refractivity contribution is 0.669. The Balaban J connectivity index is 1.37. The molecular weight excluding hydrogens is 520 g/mol. The van der Waals surface area contributed by atoms with E-state index in [9.17, 15) is 0 Å². The minimum atomic E-state index is -0.470. The van der Waals surface area contributed by atoms with Gasteiger partial charge in [-0.15, -0.1) is 0 Å². The van der Waals surface area contributed by atoms with Gasteiger partial charge in [-0.25, -0.2) is 0 Å². The summed E-state index contributed by atoms with van der Waals surface area (Å²) < 4.78 is 67.3. The zero-order chi connectivity index (χ0) is 34.4. The highest BCUT2D eigenvalue weighted by molar-refractivity contribution is 6.24.